The third-order valence-electron chi connectivity index (χ3n) is 1.98. The van der Waals surface area contributed by atoms with Crippen molar-refractivity contribution < 1.29 is 4.74 Å². The molecule has 0 aliphatic heterocycles. The van der Waals surface area contributed by atoms with Gasteiger partial charge < -0.3 is 4.74 Å². The van der Waals surface area contributed by atoms with Crippen LogP contribution in [0, 0.1) is 0 Å². The van der Waals surface area contributed by atoms with Crippen LogP contribution in [0.4, 0.5) is 0 Å². The number of nitrogens with zero attached hydrogens (tertiary/aromatic N) is 2. The molecule has 0 aliphatic rings. The zero-order chi connectivity index (χ0) is 10.7. The van der Waals surface area contributed by atoms with E-state index in [9.17, 15) is 0 Å². The summed E-state index contributed by atoms with van der Waals surface area (Å²) in [5.74, 6) is 0.836. The van der Waals surface area contributed by atoms with Crippen molar-refractivity contribution in [2.45, 2.75) is 6.61 Å². The largest absolute Gasteiger partial charge is 0.486 e. The van der Waals surface area contributed by atoms with Gasteiger partial charge in [0, 0.05) is 13.2 Å². The van der Waals surface area contributed by atoms with Crippen LogP contribution in [0.25, 0.3) is 0 Å². The van der Waals surface area contributed by atoms with Crippen LogP contribution in [0.2, 0.25) is 0 Å². The van der Waals surface area contributed by atoms with Crippen molar-refractivity contribution in [3.63, 3.8) is 0 Å². The van der Waals surface area contributed by atoms with Gasteiger partial charge in [-0.3, -0.25) is 4.68 Å². The molecule has 0 atom stereocenters. The molecule has 1 heterocycles. The Bertz CT molecular complexity index is 453. The Morgan fingerprint density at radius 1 is 1.33 bits per heavy atom. The second kappa shape index (κ2) is 4.49. The van der Waals surface area contributed by atoms with Gasteiger partial charge in [0.15, 0.2) is 0 Å². The highest BCUT2D eigenvalue weighted by Crippen LogP contribution is 2.24. The summed E-state index contributed by atoms with van der Waals surface area (Å²) in [7, 11) is 1.89. The predicted octanol–water partition coefficient (Wildman–Crippen LogP) is 2.76. The molecule has 78 valence electrons. The van der Waals surface area contributed by atoms with Crippen LogP contribution in [0.3, 0.4) is 0 Å². The molecule has 0 saturated heterocycles. The molecular formula is C11H11BrN2O. The number of benzene rings is 1. The molecule has 2 rings (SSSR count). The molecule has 3 nitrogen and oxygen atoms in total. The van der Waals surface area contributed by atoms with E-state index in [0.717, 1.165) is 15.9 Å². The molecule has 0 saturated carbocycles. The van der Waals surface area contributed by atoms with Crippen LogP contribution in [0.5, 0.6) is 5.75 Å². The first-order chi connectivity index (χ1) is 7.25. The van der Waals surface area contributed by atoms with E-state index in [4.69, 9.17) is 4.74 Å². The van der Waals surface area contributed by atoms with Crippen LogP contribution >= 0.6 is 15.9 Å². The lowest BCUT2D eigenvalue weighted by atomic mass is 10.3. The summed E-state index contributed by atoms with van der Waals surface area (Å²) >= 11 is 3.42. The minimum Gasteiger partial charge on any atom is -0.486 e. The van der Waals surface area contributed by atoms with E-state index < -0.39 is 0 Å². The summed E-state index contributed by atoms with van der Waals surface area (Å²) < 4.78 is 8.34. The highest BCUT2D eigenvalue weighted by molar-refractivity contribution is 9.10. The maximum atomic E-state index is 5.61. The van der Waals surface area contributed by atoms with Crippen molar-refractivity contribution in [3.8, 4) is 5.75 Å². The average molecular weight is 267 g/mol. The fourth-order valence-electron chi connectivity index (χ4n) is 1.25. The van der Waals surface area contributed by atoms with E-state index in [2.05, 4.69) is 21.0 Å². The van der Waals surface area contributed by atoms with Crippen molar-refractivity contribution >= 4 is 15.9 Å². The smallest absolute Gasteiger partial charge is 0.134 e. The Hall–Kier alpha value is -1.29. The first-order valence-electron chi connectivity index (χ1n) is 4.61. The Balaban J connectivity index is 2.02. The second-order valence-electron chi connectivity index (χ2n) is 3.20. The van der Waals surface area contributed by atoms with Gasteiger partial charge in [-0.15, -0.1) is 0 Å². The quantitative estimate of drug-likeness (QED) is 0.855. The molecule has 0 radical (unpaired) electrons. The van der Waals surface area contributed by atoms with Crippen molar-refractivity contribution in [1.82, 2.24) is 9.78 Å². The van der Waals surface area contributed by atoms with E-state index in [1.54, 1.807) is 4.68 Å². The van der Waals surface area contributed by atoms with Crippen molar-refractivity contribution in [2.75, 3.05) is 0 Å². The summed E-state index contributed by atoms with van der Waals surface area (Å²) in [6.45, 7) is 0.490. The Morgan fingerprint density at radius 2 is 2.13 bits per heavy atom. The third-order valence-corrected chi connectivity index (χ3v) is 2.64. The fourth-order valence-corrected chi connectivity index (χ4v) is 1.65. The number of para-hydroxylation sites is 1. The fraction of sp³-hybridized carbons (Fsp3) is 0.182. The zero-order valence-corrected chi connectivity index (χ0v) is 9.94. The van der Waals surface area contributed by atoms with E-state index in [0.29, 0.717) is 6.61 Å². The van der Waals surface area contributed by atoms with Crippen LogP contribution in [0.1, 0.15) is 5.69 Å². The molecule has 0 aliphatic carbocycles. The van der Waals surface area contributed by atoms with Gasteiger partial charge >= 0.3 is 0 Å². The van der Waals surface area contributed by atoms with Gasteiger partial charge in [-0.2, -0.15) is 5.10 Å². The van der Waals surface area contributed by atoms with Crippen molar-refractivity contribution in [1.29, 1.82) is 0 Å². The Kier molecular flexibility index (Phi) is 3.06. The van der Waals surface area contributed by atoms with E-state index >= 15 is 0 Å². The predicted molar refractivity (Wildman–Crippen MR) is 61.7 cm³/mol. The molecule has 0 bridgehead atoms. The molecule has 0 amide bonds. The molecule has 0 fully saturated rings. The number of aromatic nitrogens is 2. The van der Waals surface area contributed by atoms with Crippen LogP contribution in [-0.4, -0.2) is 9.78 Å². The van der Waals surface area contributed by atoms with Gasteiger partial charge in [0.05, 0.1) is 10.2 Å². The van der Waals surface area contributed by atoms with Gasteiger partial charge in [-0.05, 0) is 34.1 Å². The molecular weight excluding hydrogens is 256 g/mol. The zero-order valence-electron chi connectivity index (χ0n) is 8.35. The standard InChI is InChI=1S/C11H11BrN2O/c1-14-7-6-9(13-14)8-15-11-5-3-2-4-10(11)12/h2-7H,8H2,1H3. The summed E-state index contributed by atoms with van der Waals surface area (Å²) in [6, 6.07) is 9.72. The number of rotatable bonds is 3. The maximum Gasteiger partial charge on any atom is 0.134 e. The molecule has 2 aromatic rings. The molecule has 0 spiro atoms. The summed E-state index contributed by atoms with van der Waals surface area (Å²) in [5.41, 5.74) is 0.924. The Labute approximate surface area is 96.8 Å². The molecule has 15 heavy (non-hydrogen) atoms. The van der Waals surface area contributed by atoms with Gasteiger partial charge in [-0.25, -0.2) is 0 Å². The first kappa shape index (κ1) is 10.2. The molecule has 4 heteroatoms. The number of aryl methyl sites for hydroxylation is 1. The topological polar surface area (TPSA) is 27.1 Å². The summed E-state index contributed by atoms with van der Waals surface area (Å²) in [6.07, 6.45) is 1.90. The van der Waals surface area contributed by atoms with Gasteiger partial charge in [0.25, 0.3) is 0 Å². The van der Waals surface area contributed by atoms with Crippen molar-refractivity contribution in [2.24, 2.45) is 7.05 Å². The van der Waals surface area contributed by atoms with Crippen LogP contribution < -0.4 is 4.74 Å². The summed E-state index contributed by atoms with van der Waals surface area (Å²) in [5, 5.41) is 4.23. The average Bonchev–Trinajstić information content (AvgIpc) is 2.63. The highest BCUT2D eigenvalue weighted by atomic mass is 79.9. The van der Waals surface area contributed by atoms with Gasteiger partial charge in [0.1, 0.15) is 12.4 Å². The minimum atomic E-state index is 0.490. The Morgan fingerprint density at radius 3 is 2.80 bits per heavy atom. The highest BCUT2D eigenvalue weighted by Gasteiger charge is 2.01. The molecule has 1 aromatic carbocycles. The van der Waals surface area contributed by atoms with Crippen molar-refractivity contribution in [3.05, 3.63) is 46.7 Å². The van der Waals surface area contributed by atoms with Gasteiger partial charge in [-0.1, -0.05) is 12.1 Å². The number of hydrogen-bond donors (Lipinski definition) is 0. The molecule has 0 unspecified atom stereocenters. The minimum absolute atomic E-state index is 0.490. The van der Waals surface area contributed by atoms with Crippen LogP contribution in [-0.2, 0) is 13.7 Å². The first-order valence-corrected chi connectivity index (χ1v) is 5.41. The lowest BCUT2D eigenvalue weighted by Crippen LogP contribution is -1.98. The lowest BCUT2D eigenvalue weighted by Gasteiger charge is -2.05. The van der Waals surface area contributed by atoms with E-state index in [1.807, 2.05) is 43.6 Å². The molecule has 1 aromatic heterocycles. The SMILES string of the molecule is Cn1ccc(COc2ccccc2Br)n1. The third kappa shape index (κ3) is 2.59. The molecule has 0 N–H and O–H groups in total. The lowest BCUT2D eigenvalue weighted by molar-refractivity contribution is 0.298. The second-order valence-corrected chi connectivity index (χ2v) is 4.05. The number of hydrogen-bond acceptors (Lipinski definition) is 2. The number of halogens is 1. The van der Waals surface area contributed by atoms with E-state index in [-0.39, 0.29) is 0 Å². The van der Waals surface area contributed by atoms with Gasteiger partial charge in [0.2, 0.25) is 0 Å². The monoisotopic (exact) mass is 266 g/mol. The normalized spacial score (nSPS) is 10.3. The van der Waals surface area contributed by atoms with E-state index in [1.165, 1.54) is 0 Å². The van der Waals surface area contributed by atoms with Crippen LogP contribution in [0.15, 0.2) is 41.0 Å². The number of ether oxygens (including phenoxy) is 1. The summed E-state index contributed by atoms with van der Waals surface area (Å²) in [4.78, 5) is 0. The maximum absolute atomic E-state index is 5.61.